The van der Waals surface area contributed by atoms with Crippen LogP contribution in [0.1, 0.15) is 303 Å². The minimum atomic E-state index is -4.46. The molecule has 0 aromatic carbocycles. The van der Waals surface area contributed by atoms with Crippen molar-refractivity contribution in [3.63, 3.8) is 0 Å². The number of carbonyl (C=O) groups excluding carboxylic acids is 2. The SMILES string of the molecule is CCCCC/C=C\C/C=C\CCCCCCCCCCCCCCCCCCCC(=O)OC(/C=C\CCCCCCCCCCC)C(COP(=O)(O)OCC[N+](C)(C)C)NC(=O)CC/C=C/C/C=C\CCCCCCCC. The number of likely N-dealkylation sites (N-methyl/N-ethyl adjacent to an activating group) is 1. The van der Waals surface area contributed by atoms with Gasteiger partial charge in [-0.1, -0.05) is 268 Å². The maximum Gasteiger partial charge on any atom is 0.472 e. The number of unbranched alkanes of at least 4 members (excludes halogenated alkanes) is 35. The van der Waals surface area contributed by atoms with E-state index in [4.69, 9.17) is 13.8 Å². The van der Waals surface area contributed by atoms with Gasteiger partial charge in [0.25, 0.3) is 0 Å². The number of carbonyl (C=O) groups is 2. The average molecular weight is 1100 g/mol. The zero-order valence-electron chi connectivity index (χ0n) is 51.5. The number of hydrogen-bond acceptors (Lipinski definition) is 6. The molecule has 0 radical (unpaired) electrons. The maximum atomic E-state index is 13.5. The van der Waals surface area contributed by atoms with Crippen molar-refractivity contribution in [2.45, 2.75) is 315 Å². The summed E-state index contributed by atoms with van der Waals surface area (Å²) in [7, 11) is 1.47. The van der Waals surface area contributed by atoms with Gasteiger partial charge in [0.05, 0.1) is 33.8 Å². The fourth-order valence-electron chi connectivity index (χ4n) is 9.37. The molecule has 0 rings (SSSR count). The molecule has 10 heteroatoms. The lowest BCUT2D eigenvalue weighted by Crippen LogP contribution is -2.47. The van der Waals surface area contributed by atoms with E-state index >= 15 is 0 Å². The Morgan fingerprint density at radius 3 is 1.22 bits per heavy atom. The van der Waals surface area contributed by atoms with Gasteiger partial charge >= 0.3 is 13.8 Å². The quantitative estimate of drug-likeness (QED) is 0.0205. The van der Waals surface area contributed by atoms with Gasteiger partial charge in [0.2, 0.25) is 5.91 Å². The first-order valence-electron chi connectivity index (χ1n) is 32.6. The Hall–Kier alpha value is -2.29. The Morgan fingerprint density at radius 2 is 0.805 bits per heavy atom. The van der Waals surface area contributed by atoms with E-state index in [0.29, 0.717) is 17.4 Å². The van der Waals surface area contributed by atoms with Crippen molar-refractivity contribution in [1.29, 1.82) is 0 Å². The average Bonchev–Trinajstić information content (AvgIpc) is 3.39. The Morgan fingerprint density at radius 1 is 0.455 bits per heavy atom. The van der Waals surface area contributed by atoms with Gasteiger partial charge in [0.1, 0.15) is 19.3 Å². The molecule has 2 N–H and O–H groups in total. The number of phosphoric ester groups is 1. The van der Waals surface area contributed by atoms with Crippen LogP contribution in [-0.4, -0.2) is 74.3 Å². The van der Waals surface area contributed by atoms with Crippen molar-refractivity contribution >= 4 is 19.7 Å². The van der Waals surface area contributed by atoms with E-state index in [2.05, 4.69) is 68.6 Å². The second-order valence-electron chi connectivity index (χ2n) is 23.3. The second kappa shape index (κ2) is 57.0. The monoisotopic (exact) mass is 1100 g/mol. The van der Waals surface area contributed by atoms with Crippen molar-refractivity contribution < 1.29 is 37.3 Å². The van der Waals surface area contributed by atoms with Gasteiger partial charge in [-0.25, -0.2) is 4.57 Å². The summed E-state index contributed by atoms with van der Waals surface area (Å²) in [4.78, 5) is 37.6. The molecule has 0 heterocycles. The van der Waals surface area contributed by atoms with Gasteiger partial charge in [-0.3, -0.25) is 18.6 Å². The Labute approximate surface area is 477 Å². The molecular formula is C67H126N2O7P+. The minimum absolute atomic E-state index is 0.0312. The molecule has 77 heavy (non-hydrogen) atoms. The van der Waals surface area contributed by atoms with E-state index in [-0.39, 0.29) is 37.9 Å². The molecule has 0 bridgehead atoms. The van der Waals surface area contributed by atoms with Gasteiger partial charge < -0.3 is 19.4 Å². The molecule has 3 atom stereocenters. The zero-order valence-corrected chi connectivity index (χ0v) is 52.3. The Bertz CT molecular complexity index is 1500. The second-order valence-corrected chi connectivity index (χ2v) is 24.7. The van der Waals surface area contributed by atoms with Crippen LogP contribution in [0.2, 0.25) is 0 Å². The first-order chi connectivity index (χ1) is 37.4. The van der Waals surface area contributed by atoms with Crippen LogP contribution < -0.4 is 5.32 Å². The minimum Gasteiger partial charge on any atom is -0.456 e. The highest BCUT2D eigenvalue weighted by Gasteiger charge is 2.30. The van der Waals surface area contributed by atoms with Crippen LogP contribution >= 0.6 is 7.82 Å². The van der Waals surface area contributed by atoms with Gasteiger partial charge in [0.15, 0.2) is 0 Å². The van der Waals surface area contributed by atoms with E-state index in [1.54, 1.807) is 0 Å². The topological polar surface area (TPSA) is 111 Å². The molecule has 1 amide bonds. The molecule has 0 aliphatic heterocycles. The molecule has 450 valence electrons. The number of nitrogens with one attached hydrogen (secondary N) is 1. The Kier molecular flexibility index (Phi) is 55.3. The fraction of sp³-hybridized carbons (Fsp3) is 0.821. The molecule has 0 aromatic rings. The van der Waals surface area contributed by atoms with Gasteiger partial charge in [-0.2, -0.15) is 0 Å². The first kappa shape index (κ1) is 74.7. The molecule has 0 aliphatic carbocycles. The molecule has 0 aromatic heterocycles. The summed E-state index contributed by atoms with van der Waals surface area (Å²) >= 11 is 0. The predicted molar refractivity (Wildman–Crippen MR) is 332 cm³/mol. The van der Waals surface area contributed by atoms with Crippen molar-refractivity contribution in [1.82, 2.24) is 5.32 Å². The summed E-state index contributed by atoms with van der Waals surface area (Å²) in [6, 6.07) is -0.877. The first-order valence-corrected chi connectivity index (χ1v) is 34.1. The predicted octanol–water partition coefficient (Wildman–Crippen LogP) is 20.2. The number of ether oxygens (including phenoxy) is 1. The summed E-state index contributed by atoms with van der Waals surface area (Å²) in [5.41, 5.74) is 0. The highest BCUT2D eigenvalue weighted by molar-refractivity contribution is 7.47. The number of allylic oxidation sites excluding steroid dienone is 9. The number of quaternary nitrogens is 1. The summed E-state index contributed by atoms with van der Waals surface area (Å²) in [6.07, 6.45) is 72.6. The van der Waals surface area contributed by atoms with Crippen LogP contribution in [0.25, 0.3) is 0 Å². The van der Waals surface area contributed by atoms with E-state index in [1.165, 1.54) is 205 Å². The molecular weight excluding hydrogens is 976 g/mol. The highest BCUT2D eigenvalue weighted by atomic mass is 31.2. The van der Waals surface area contributed by atoms with E-state index in [1.807, 2.05) is 39.4 Å². The smallest absolute Gasteiger partial charge is 0.456 e. The van der Waals surface area contributed by atoms with E-state index in [0.717, 1.165) is 57.8 Å². The van der Waals surface area contributed by atoms with Gasteiger partial charge in [-0.05, 0) is 83.1 Å². The molecule has 0 fully saturated rings. The zero-order chi connectivity index (χ0) is 56.4. The van der Waals surface area contributed by atoms with Crippen LogP contribution in [0.3, 0.4) is 0 Å². The summed E-state index contributed by atoms with van der Waals surface area (Å²) in [5, 5.41) is 3.01. The Balaban J connectivity index is 5.01. The molecule has 0 saturated carbocycles. The number of phosphoric acid groups is 1. The van der Waals surface area contributed by atoms with Gasteiger partial charge in [-0.15, -0.1) is 0 Å². The molecule has 0 aliphatic rings. The lowest BCUT2D eigenvalue weighted by molar-refractivity contribution is -0.870. The molecule has 3 unspecified atom stereocenters. The van der Waals surface area contributed by atoms with Crippen molar-refractivity contribution in [2.24, 2.45) is 0 Å². The molecule has 0 spiro atoms. The van der Waals surface area contributed by atoms with Crippen molar-refractivity contribution in [3.8, 4) is 0 Å². The molecule has 0 saturated heterocycles. The van der Waals surface area contributed by atoms with E-state index in [9.17, 15) is 19.0 Å². The summed E-state index contributed by atoms with van der Waals surface area (Å²) in [6.45, 7) is 6.95. The number of esters is 1. The van der Waals surface area contributed by atoms with E-state index < -0.39 is 20.0 Å². The van der Waals surface area contributed by atoms with Crippen LogP contribution in [0.4, 0.5) is 0 Å². The fourth-order valence-corrected chi connectivity index (χ4v) is 10.1. The number of hydrogen-bond donors (Lipinski definition) is 2. The maximum absolute atomic E-state index is 13.5. The third kappa shape index (κ3) is 58.2. The van der Waals surface area contributed by atoms with Crippen LogP contribution in [-0.2, 0) is 27.9 Å². The normalized spacial score (nSPS) is 14.0. The van der Waals surface area contributed by atoms with Crippen molar-refractivity contribution in [2.75, 3.05) is 40.9 Å². The lowest BCUT2D eigenvalue weighted by atomic mass is 10.0. The van der Waals surface area contributed by atoms with Crippen LogP contribution in [0, 0.1) is 0 Å². The number of nitrogens with zero attached hydrogens (tertiary/aromatic N) is 1. The third-order valence-electron chi connectivity index (χ3n) is 14.4. The summed E-state index contributed by atoms with van der Waals surface area (Å²) in [5.74, 6) is -0.576. The third-order valence-corrected chi connectivity index (χ3v) is 15.4. The van der Waals surface area contributed by atoms with Crippen LogP contribution in [0.15, 0.2) is 60.8 Å². The lowest BCUT2D eigenvalue weighted by Gasteiger charge is -2.27. The number of amides is 1. The van der Waals surface area contributed by atoms with Crippen LogP contribution in [0.5, 0.6) is 0 Å². The number of rotatable bonds is 59. The highest BCUT2D eigenvalue weighted by Crippen LogP contribution is 2.43. The standard InChI is InChI=1S/C67H125N2O7P/c1-7-10-13-16-19-22-25-27-28-29-30-31-32-33-34-35-36-37-38-39-40-42-45-48-51-54-57-60-67(71)76-65(58-55-52-49-46-43-24-21-18-15-12-9-3)64(63-75-77(72,73)74-62-61-69(4,5)6)68-66(70)59-56-53-50-47-44-41-26-23-20-17-14-11-8-2/h19,22,27-28,41,44,50,53,55,58,64-65H,7-18,20-21,23-26,29-40,42-43,45-49,51-52,54,56-57,59-63H2,1-6H3,(H-,68,70,72,73)/p+1/b22-19-,28-27-,44-41-,53-50+,58-55-. The van der Waals surface area contributed by atoms with Crippen molar-refractivity contribution in [3.05, 3.63) is 60.8 Å². The molecule has 9 nitrogen and oxygen atoms in total. The van der Waals surface area contributed by atoms with Gasteiger partial charge in [0, 0.05) is 12.8 Å². The largest absolute Gasteiger partial charge is 0.472 e. The summed E-state index contributed by atoms with van der Waals surface area (Å²) < 4.78 is 30.6.